The molecule has 0 unspecified atom stereocenters. The fraction of sp³-hybridized carbons (Fsp3) is 0.200. The quantitative estimate of drug-likeness (QED) is 0.824. The van der Waals surface area contributed by atoms with E-state index in [1.54, 1.807) is 6.07 Å². The minimum Gasteiger partial charge on any atom is -0.507 e. The summed E-state index contributed by atoms with van der Waals surface area (Å²) < 4.78 is 0. The average Bonchev–Trinajstić information content (AvgIpc) is 2.29. The van der Waals surface area contributed by atoms with E-state index in [2.05, 4.69) is 6.58 Å². The van der Waals surface area contributed by atoms with Gasteiger partial charge < -0.3 is 10.8 Å². The molecule has 0 saturated heterocycles. The molecule has 3 heteroatoms. The molecular weight excluding hydrogens is 246 g/mol. The maximum Gasteiger partial charge on any atom is 0.123 e. The predicted molar refractivity (Wildman–Crippen MR) is 79.2 cm³/mol. The molecule has 2 rings (SSSR count). The summed E-state index contributed by atoms with van der Waals surface area (Å²) in [6, 6.07) is 11.3. The zero-order valence-corrected chi connectivity index (χ0v) is 11.2. The molecule has 1 atom stereocenters. The van der Waals surface area contributed by atoms with Gasteiger partial charge in [-0.3, -0.25) is 0 Å². The van der Waals surface area contributed by atoms with Crippen molar-refractivity contribution in [3.05, 3.63) is 54.1 Å². The molecule has 2 aromatic rings. The van der Waals surface area contributed by atoms with Gasteiger partial charge in [-0.15, -0.1) is 19.0 Å². The molecule has 96 valence electrons. The first kappa shape index (κ1) is 14.6. The van der Waals surface area contributed by atoms with E-state index in [0.29, 0.717) is 5.75 Å². The van der Waals surface area contributed by atoms with E-state index in [-0.39, 0.29) is 18.4 Å². The molecule has 2 nitrogen and oxygen atoms in total. The molecule has 0 radical (unpaired) electrons. The summed E-state index contributed by atoms with van der Waals surface area (Å²) in [5, 5.41) is 11.7. The first-order valence-electron chi connectivity index (χ1n) is 5.70. The number of halogens is 1. The lowest BCUT2D eigenvalue weighted by molar-refractivity contribution is 0.481. The van der Waals surface area contributed by atoms with Gasteiger partial charge >= 0.3 is 0 Å². The van der Waals surface area contributed by atoms with Crippen LogP contribution < -0.4 is 5.73 Å². The highest BCUT2D eigenvalue weighted by Crippen LogP contribution is 2.31. The number of rotatable bonds is 3. The van der Waals surface area contributed by atoms with Crippen molar-refractivity contribution < 1.29 is 5.11 Å². The Hall–Kier alpha value is -1.51. The smallest absolute Gasteiger partial charge is 0.123 e. The summed E-state index contributed by atoms with van der Waals surface area (Å²) in [6.07, 6.45) is 0.759. The van der Waals surface area contributed by atoms with E-state index in [1.807, 2.05) is 37.3 Å². The number of benzene rings is 2. The van der Waals surface area contributed by atoms with Crippen molar-refractivity contribution in [3.63, 3.8) is 0 Å². The third-order valence-electron chi connectivity index (χ3n) is 2.90. The number of aromatic hydroxyl groups is 1. The average molecular weight is 264 g/mol. The zero-order valence-electron chi connectivity index (χ0n) is 10.4. The molecule has 0 fully saturated rings. The van der Waals surface area contributed by atoms with Crippen molar-refractivity contribution in [1.82, 2.24) is 0 Å². The molecule has 0 aromatic heterocycles. The molecule has 0 aliphatic carbocycles. The Bertz CT molecular complexity index is 565. The second-order valence-electron chi connectivity index (χ2n) is 4.49. The molecular formula is C15H18ClNO. The highest BCUT2D eigenvalue weighted by atomic mass is 35.5. The maximum atomic E-state index is 9.80. The van der Waals surface area contributed by atoms with Crippen LogP contribution in [0.1, 0.15) is 24.9 Å². The van der Waals surface area contributed by atoms with Crippen LogP contribution in [0.25, 0.3) is 10.8 Å². The van der Waals surface area contributed by atoms with Crippen LogP contribution in [-0.4, -0.2) is 5.11 Å². The Morgan fingerprint density at radius 2 is 1.83 bits per heavy atom. The second kappa shape index (κ2) is 5.89. The molecule has 0 heterocycles. The van der Waals surface area contributed by atoms with Gasteiger partial charge in [0.2, 0.25) is 0 Å². The number of phenolic OH excluding ortho intramolecular Hbond substituents is 1. The van der Waals surface area contributed by atoms with E-state index < -0.39 is 0 Å². The number of fused-ring (bicyclic) bond motifs is 1. The van der Waals surface area contributed by atoms with Gasteiger partial charge in [-0.2, -0.15) is 0 Å². The lowest BCUT2D eigenvalue weighted by Gasteiger charge is -2.15. The SMILES string of the molecule is C=C(C)C[C@@H](N)c1ccc(O)c2ccccc12.Cl. The van der Waals surface area contributed by atoms with Crippen LogP contribution >= 0.6 is 12.4 Å². The molecule has 18 heavy (non-hydrogen) atoms. The topological polar surface area (TPSA) is 46.2 Å². The Labute approximate surface area is 114 Å². The molecule has 0 bridgehead atoms. The van der Waals surface area contributed by atoms with Gasteiger partial charge in [0.1, 0.15) is 5.75 Å². The molecule has 0 saturated carbocycles. The van der Waals surface area contributed by atoms with E-state index in [1.165, 1.54) is 0 Å². The summed E-state index contributed by atoms with van der Waals surface area (Å²) in [6.45, 7) is 5.86. The molecule has 2 aromatic carbocycles. The van der Waals surface area contributed by atoms with Crippen molar-refractivity contribution in [2.24, 2.45) is 5.73 Å². The van der Waals surface area contributed by atoms with Crippen LogP contribution in [0.15, 0.2) is 48.6 Å². The van der Waals surface area contributed by atoms with Crippen LogP contribution in [-0.2, 0) is 0 Å². The highest BCUT2D eigenvalue weighted by Gasteiger charge is 2.11. The third kappa shape index (κ3) is 2.84. The number of phenols is 1. The van der Waals surface area contributed by atoms with E-state index >= 15 is 0 Å². The van der Waals surface area contributed by atoms with E-state index in [9.17, 15) is 5.11 Å². The van der Waals surface area contributed by atoms with Gasteiger partial charge in [0, 0.05) is 11.4 Å². The highest BCUT2D eigenvalue weighted by molar-refractivity contribution is 5.91. The molecule has 3 N–H and O–H groups in total. The lowest BCUT2D eigenvalue weighted by Crippen LogP contribution is -2.10. The summed E-state index contributed by atoms with van der Waals surface area (Å²) in [7, 11) is 0. The largest absolute Gasteiger partial charge is 0.507 e. The normalized spacial score (nSPS) is 11.9. The monoisotopic (exact) mass is 263 g/mol. The molecule has 0 aliphatic heterocycles. The van der Waals surface area contributed by atoms with Gasteiger partial charge in [-0.1, -0.05) is 35.9 Å². The Balaban J connectivity index is 0.00000162. The Morgan fingerprint density at radius 3 is 2.44 bits per heavy atom. The van der Waals surface area contributed by atoms with Gasteiger partial charge in [0.15, 0.2) is 0 Å². The first-order chi connectivity index (χ1) is 8.09. The van der Waals surface area contributed by atoms with Crippen LogP contribution in [0.5, 0.6) is 5.75 Å². The molecule has 0 aliphatic rings. The van der Waals surface area contributed by atoms with Crippen LogP contribution in [0.3, 0.4) is 0 Å². The van der Waals surface area contributed by atoms with Gasteiger partial charge in [-0.25, -0.2) is 0 Å². The number of nitrogens with two attached hydrogens (primary N) is 1. The number of hydrogen-bond donors (Lipinski definition) is 2. The van der Waals surface area contributed by atoms with Crippen molar-refractivity contribution in [1.29, 1.82) is 0 Å². The third-order valence-corrected chi connectivity index (χ3v) is 2.90. The molecule has 0 spiro atoms. The standard InChI is InChI=1S/C15H17NO.ClH/c1-10(2)9-14(16)12-7-8-15(17)13-6-4-3-5-11(12)13;/h3-8,14,17H,1,9,16H2,2H3;1H/t14-;/m1./s1. The Morgan fingerprint density at radius 1 is 1.22 bits per heavy atom. The minimum atomic E-state index is -0.0713. The van der Waals surface area contributed by atoms with E-state index in [0.717, 1.165) is 28.3 Å². The van der Waals surface area contributed by atoms with Gasteiger partial charge in [-0.05, 0) is 30.4 Å². The fourth-order valence-corrected chi connectivity index (χ4v) is 2.12. The minimum absolute atomic E-state index is 0. The van der Waals surface area contributed by atoms with Crippen molar-refractivity contribution >= 4 is 23.2 Å². The first-order valence-corrected chi connectivity index (χ1v) is 5.70. The van der Waals surface area contributed by atoms with Crippen molar-refractivity contribution in [3.8, 4) is 5.75 Å². The summed E-state index contributed by atoms with van der Waals surface area (Å²) in [5.74, 6) is 0.298. The van der Waals surface area contributed by atoms with Crippen LogP contribution in [0, 0.1) is 0 Å². The Kier molecular flexibility index (Phi) is 4.76. The summed E-state index contributed by atoms with van der Waals surface area (Å²) in [4.78, 5) is 0. The van der Waals surface area contributed by atoms with Crippen molar-refractivity contribution in [2.45, 2.75) is 19.4 Å². The van der Waals surface area contributed by atoms with Gasteiger partial charge in [0.05, 0.1) is 0 Å². The summed E-state index contributed by atoms with van der Waals surface area (Å²) in [5.41, 5.74) is 8.29. The van der Waals surface area contributed by atoms with E-state index in [4.69, 9.17) is 5.73 Å². The fourth-order valence-electron chi connectivity index (χ4n) is 2.12. The zero-order chi connectivity index (χ0) is 12.4. The van der Waals surface area contributed by atoms with Gasteiger partial charge in [0.25, 0.3) is 0 Å². The molecule has 0 amide bonds. The summed E-state index contributed by atoms with van der Waals surface area (Å²) >= 11 is 0. The second-order valence-corrected chi connectivity index (χ2v) is 4.49. The maximum absolute atomic E-state index is 9.80. The number of hydrogen-bond acceptors (Lipinski definition) is 2. The van der Waals surface area contributed by atoms with Crippen LogP contribution in [0.4, 0.5) is 0 Å². The lowest BCUT2D eigenvalue weighted by atomic mass is 9.95. The van der Waals surface area contributed by atoms with Crippen molar-refractivity contribution in [2.75, 3.05) is 0 Å². The predicted octanol–water partition coefficient (Wildman–Crippen LogP) is 3.93. The van der Waals surface area contributed by atoms with Crippen LogP contribution in [0.2, 0.25) is 0 Å².